The molecule has 1 saturated heterocycles. The van der Waals surface area contributed by atoms with Gasteiger partial charge in [0.25, 0.3) is 5.91 Å². The van der Waals surface area contributed by atoms with Gasteiger partial charge in [0.2, 0.25) is 5.88 Å². The van der Waals surface area contributed by atoms with Crippen LogP contribution in [0.25, 0.3) is 0 Å². The second-order valence-corrected chi connectivity index (χ2v) is 6.13. The number of aryl methyl sites for hydroxylation is 1. The number of likely N-dealkylation sites (tertiary alicyclic amines) is 1. The Labute approximate surface area is 153 Å². The molecule has 27 heavy (non-hydrogen) atoms. The predicted molar refractivity (Wildman–Crippen MR) is 89.4 cm³/mol. The number of amides is 1. The summed E-state index contributed by atoms with van der Waals surface area (Å²) < 4.78 is 46.7. The van der Waals surface area contributed by atoms with E-state index in [1.807, 2.05) is 0 Å². The first-order valence-electron chi connectivity index (χ1n) is 8.41. The summed E-state index contributed by atoms with van der Waals surface area (Å²) in [5.74, 6) is 0.356. The van der Waals surface area contributed by atoms with Crippen LogP contribution in [0.4, 0.5) is 13.2 Å². The largest absolute Gasteiger partial charge is 0.573 e. The molecule has 0 radical (unpaired) electrons. The Morgan fingerprint density at radius 1 is 1.22 bits per heavy atom. The molecule has 2 aromatic rings. The number of nitrogens with zero attached hydrogens (tertiary/aromatic N) is 3. The van der Waals surface area contributed by atoms with Crippen molar-refractivity contribution in [1.82, 2.24) is 14.9 Å². The third-order valence-electron chi connectivity index (χ3n) is 4.08. The van der Waals surface area contributed by atoms with Crippen molar-refractivity contribution >= 4 is 5.91 Å². The number of halogens is 3. The molecule has 1 amide bonds. The lowest BCUT2D eigenvalue weighted by Gasteiger charge is -2.32. The second-order valence-electron chi connectivity index (χ2n) is 6.13. The van der Waals surface area contributed by atoms with Gasteiger partial charge in [-0.3, -0.25) is 4.79 Å². The van der Waals surface area contributed by atoms with Crippen molar-refractivity contribution in [3.05, 3.63) is 47.9 Å². The van der Waals surface area contributed by atoms with Gasteiger partial charge in [-0.25, -0.2) is 4.98 Å². The van der Waals surface area contributed by atoms with Crippen LogP contribution in [0.3, 0.4) is 0 Å². The zero-order valence-corrected chi connectivity index (χ0v) is 14.6. The highest BCUT2D eigenvalue weighted by Gasteiger charge is 2.31. The molecule has 1 aromatic carbocycles. The number of alkyl halides is 3. The van der Waals surface area contributed by atoms with Gasteiger partial charge < -0.3 is 14.4 Å². The van der Waals surface area contributed by atoms with E-state index in [0.717, 1.165) is 12.1 Å². The number of carbonyl (C=O) groups excluding carboxylic acids is 1. The average molecular weight is 381 g/mol. The molecule has 144 valence electrons. The lowest BCUT2D eigenvalue weighted by molar-refractivity contribution is -0.274. The van der Waals surface area contributed by atoms with Crippen LogP contribution in [0.2, 0.25) is 0 Å². The highest BCUT2D eigenvalue weighted by Crippen LogP contribution is 2.25. The van der Waals surface area contributed by atoms with Gasteiger partial charge in [0.05, 0.1) is 0 Å². The second kappa shape index (κ2) is 7.81. The first-order valence-corrected chi connectivity index (χ1v) is 8.41. The van der Waals surface area contributed by atoms with E-state index in [1.54, 1.807) is 24.1 Å². The van der Waals surface area contributed by atoms with Crippen molar-refractivity contribution in [2.45, 2.75) is 32.2 Å². The number of piperidine rings is 1. The van der Waals surface area contributed by atoms with Crippen LogP contribution in [0.5, 0.6) is 11.6 Å². The first kappa shape index (κ1) is 18.9. The highest BCUT2D eigenvalue weighted by atomic mass is 19.4. The molecule has 1 fully saturated rings. The van der Waals surface area contributed by atoms with Crippen molar-refractivity contribution in [1.29, 1.82) is 0 Å². The summed E-state index contributed by atoms with van der Waals surface area (Å²) in [4.78, 5) is 22.3. The minimum Gasteiger partial charge on any atom is -0.474 e. The number of aromatic nitrogens is 2. The molecule has 0 atom stereocenters. The molecule has 2 heterocycles. The summed E-state index contributed by atoms with van der Waals surface area (Å²) in [5, 5.41) is 0. The summed E-state index contributed by atoms with van der Waals surface area (Å²) in [5.41, 5.74) is 0.155. The van der Waals surface area contributed by atoms with E-state index in [-0.39, 0.29) is 17.6 Å². The minimum absolute atomic E-state index is 0.0803. The standard InChI is InChI=1S/C18H18F3N3O3/c1-12-22-8-5-16(23-12)26-14-6-9-24(10-7-14)17(25)13-3-2-4-15(11-13)27-18(19,20)21/h2-5,8,11,14H,6-7,9-10H2,1H3. The van der Waals surface area contributed by atoms with E-state index in [4.69, 9.17) is 4.74 Å². The van der Waals surface area contributed by atoms with Crippen molar-refractivity contribution in [2.24, 2.45) is 0 Å². The number of hydrogen-bond donors (Lipinski definition) is 0. The fourth-order valence-electron chi connectivity index (χ4n) is 2.86. The number of hydrogen-bond acceptors (Lipinski definition) is 5. The molecular weight excluding hydrogens is 363 g/mol. The summed E-state index contributed by atoms with van der Waals surface area (Å²) in [7, 11) is 0. The summed E-state index contributed by atoms with van der Waals surface area (Å²) >= 11 is 0. The molecule has 6 nitrogen and oxygen atoms in total. The molecule has 0 saturated carbocycles. The summed E-state index contributed by atoms with van der Waals surface area (Å²) in [6, 6.07) is 6.77. The van der Waals surface area contributed by atoms with Crippen molar-refractivity contribution in [2.75, 3.05) is 13.1 Å². The van der Waals surface area contributed by atoms with Gasteiger partial charge in [0.15, 0.2) is 0 Å². The number of rotatable bonds is 4. The van der Waals surface area contributed by atoms with E-state index in [2.05, 4.69) is 14.7 Å². The topological polar surface area (TPSA) is 64.5 Å². The van der Waals surface area contributed by atoms with Crippen LogP contribution in [0.1, 0.15) is 29.0 Å². The maximum absolute atomic E-state index is 12.6. The zero-order valence-electron chi connectivity index (χ0n) is 14.6. The number of benzene rings is 1. The Hall–Kier alpha value is -2.84. The number of ether oxygens (including phenoxy) is 2. The van der Waals surface area contributed by atoms with Crippen LogP contribution in [-0.4, -0.2) is 46.3 Å². The Bertz CT molecular complexity index is 806. The Morgan fingerprint density at radius 3 is 2.63 bits per heavy atom. The molecule has 3 rings (SSSR count). The van der Waals surface area contributed by atoms with E-state index in [1.165, 1.54) is 12.1 Å². The maximum atomic E-state index is 12.6. The monoisotopic (exact) mass is 381 g/mol. The number of carbonyl (C=O) groups is 1. The lowest BCUT2D eigenvalue weighted by Crippen LogP contribution is -2.41. The fourth-order valence-corrected chi connectivity index (χ4v) is 2.86. The van der Waals surface area contributed by atoms with Crippen LogP contribution in [-0.2, 0) is 0 Å². The van der Waals surface area contributed by atoms with Gasteiger partial charge in [-0.05, 0) is 25.1 Å². The van der Waals surface area contributed by atoms with Gasteiger partial charge in [0.1, 0.15) is 17.7 Å². The SMILES string of the molecule is Cc1nccc(OC2CCN(C(=O)c3cccc(OC(F)(F)F)c3)CC2)n1. The van der Waals surface area contributed by atoms with Gasteiger partial charge in [0, 0.05) is 43.8 Å². The normalized spacial score (nSPS) is 15.5. The van der Waals surface area contributed by atoms with Gasteiger partial charge in [-0.15, -0.1) is 13.2 Å². The summed E-state index contributed by atoms with van der Waals surface area (Å²) in [6.45, 7) is 2.65. The average Bonchev–Trinajstić information content (AvgIpc) is 2.61. The minimum atomic E-state index is -4.79. The van der Waals surface area contributed by atoms with E-state index < -0.39 is 12.1 Å². The van der Waals surface area contributed by atoms with Crippen LogP contribution < -0.4 is 9.47 Å². The molecule has 0 spiro atoms. The van der Waals surface area contributed by atoms with Crippen LogP contribution in [0.15, 0.2) is 36.5 Å². The molecule has 0 N–H and O–H groups in total. The molecule has 0 bridgehead atoms. The molecule has 0 aliphatic carbocycles. The molecular formula is C18H18F3N3O3. The molecule has 1 aliphatic heterocycles. The van der Waals surface area contributed by atoms with Crippen molar-refractivity contribution in [3.63, 3.8) is 0 Å². The van der Waals surface area contributed by atoms with Crippen LogP contribution in [0, 0.1) is 6.92 Å². The van der Waals surface area contributed by atoms with Crippen molar-refractivity contribution < 1.29 is 27.4 Å². The molecule has 1 aliphatic rings. The zero-order chi connectivity index (χ0) is 19.4. The molecule has 9 heteroatoms. The Balaban J connectivity index is 1.57. The first-order chi connectivity index (χ1) is 12.8. The van der Waals surface area contributed by atoms with E-state index in [0.29, 0.717) is 37.6 Å². The smallest absolute Gasteiger partial charge is 0.474 e. The Morgan fingerprint density at radius 2 is 1.96 bits per heavy atom. The Kier molecular flexibility index (Phi) is 5.48. The highest BCUT2D eigenvalue weighted by molar-refractivity contribution is 5.94. The third kappa shape index (κ3) is 5.32. The van der Waals surface area contributed by atoms with Crippen LogP contribution >= 0.6 is 0 Å². The maximum Gasteiger partial charge on any atom is 0.573 e. The van der Waals surface area contributed by atoms with E-state index >= 15 is 0 Å². The quantitative estimate of drug-likeness (QED) is 0.813. The third-order valence-corrected chi connectivity index (χ3v) is 4.08. The molecule has 0 unspecified atom stereocenters. The van der Waals surface area contributed by atoms with Gasteiger partial charge in [-0.1, -0.05) is 6.07 Å². The van der Waals surface area contributed by atoms with Crippen molar-refractivity contribution in [3.8, 4) is 11.6 Å². The predicted octanol–water partition coefficient (Wildman–Crippen LogP) is 3.37. The molecule has 1 aromatic heterocycles. The van der Waals surface area contributed by atoms with Gasteiger partial charge in [-0.2, -0.15) is 4.98 Å². The van der Waals surface area contributed by atoms with Gasteiger partial charge >= 0.3 is 6.36 Å². The summed E-state index contributed by atoms with van der Waals surface area (Å²) in [6.07, 6.45) is -2.05. The van der Waals surface area contributed by atoms with E-state index in [9.17, 15) is 18.0 Å². The lowest BCUT2D eigenvalue weighted by atomic mass is 10.1. The fraction of sp³-hybridized carbons (Fsp3) is 0.389.